The van der Waals surface area contributed by atoms with Gasteiger partial charge < -0.3 is 14.7 Å². The molecule has 1 N–H and O–H groups in total. The first-order valence-corrected chi connectivity index (χ1v) is 14.6. The van der Waals surface area contributed by atoms with Crippen LogP contribution in [-0.2, 0) is 16.6 Å². The van der Waals surface area contributed by atoms with Crippen molar-refractivity contribution in [3.63, 3.8) is 0 Å². The van der Waals surface area contributed by atoms with Crippen LogP contribution in [0.5, 0.6) is 5.88 Å². The molecule has 3 aromatic rings. The predicted octanol–water partition coefficient (Wildman–Crippen LogP) is 4.50. The molecule has 40 heavy (non-hydrogen) atoms. The van der Waals surface area contributed by atoms with Gasteiger partial charge in [-0.15, -0.1) is 5.10 Å². The Kier molecular flexibility index (Phi) is 6.83. The van der Waals surface area contributed by atoms with Crippen molar-refractivity contribution in [2.75, 3.05) is 18.0 Å². The van der Waals surface area contributed by atoms with Crippen LogP contribution in [0.1, 0.15) is 62.5 Å². The van der Waals surface area contributed by atoms with Crippen molar-refractivity contribution in [2.45, 2.75) is 70.0 Å². The van der Waals surface area contributed by atoms with E-state index in [0.29, 0.717) is 61.9 Å². The Labute approximate surface area is 241 Å². The monoisotopic (exact) mass is 605 g/mol. The summed E-state index contributed by atoms with van der Waals surface area (Å²) >= 11 is 3.66. The molecule has 3 aliphatic rings. The summed E-state index contributed by atoms with van der Waals surface area (Å²) in [5.74, 6) is 6.19. The Bertz CT molecular complexity index is 1570. The number of pyridine rings is 1. The largest absolute Gasteiger partial charge is 0.472 e. The van der Waals surface area contributed by atoms with Gasteiger partial charge in [-0.2, -0.15) is 0 Å². The molecule has 9 nitrogen and oxygen atoms in total. The molecule has 10 heteroatoms. The summed E-state index contributed by atoms with van der Waals surface area (Å²) in [5, 5.41) is 14.8. The van der Waals surface area contributed by atoms with Gasteiger partial charge in [0.05, 0.1) is 11.2 Å². The predicted molar refractivity (Wildman–Crippen MR) is 154 cm³/mol. The number of hydrogen-bond acceptors (Lipinski definition) is 6. The standard InChI is InChI=1S/C30H32BrN5O4/c1-4-5-26(37)36(24-16-18(2)22(31)17-21(24)19-6-7-19)25-9-8-23-27(32-25)28(33-34(23)3)40-20-10-14-35(15-11-20)29(38)30(39)12-13-30/h8-9,16-17,19-20,39H,6-7,10-15H2,1-3H3. The maximum Gasteiger partial charge on any atom is 0.308 e. The Balaban J connectivity index is 1.32. The van der Waals surface area contributed by atoms with Crippen LogP contribution in [0.25, 0.3) is 11.0 Å². The van der Waals surface area contributed by atoms with E-state index in [1.165, 1.54) is 0 Å². The van der Waals surface area contributed by atoms with Crippen molar-refractivity contribution < 1.29 is 19.4 Å². The first-order valence-electron chi connectivity index (χ1n) is 13.8. The van der Waals surface area contributed by atoms with E-state index in [9.17, 15) is 14.7 Å². The molecule has 0 unspecified atom stereocenters. The maximum absolute atomic E-state index is 13.4. The average Bonchev–Trinajstić information content (AvgIpc) is 3.87. The molecule has 0 spiro atoms. The van der Waals surface area contributed by atoms with Crippen LogP contribution in [0.4, 0.5) is 11.5 Å². The number of fused-ring (bicyclic) bond motifs is 1. The Hall–Kier alpha value is -3.42. The number of nitrogens with zero attached hydrogens (tertiary/aromatic N) is 5. The van der Waals surface area contributed by atoms with E-state index < -0.39 is 5.60 Å². The number of likely N-dealkylation sites (tertiary alicyclic amines) is 1. The molecule has 6 rings (SSSR count). The molecular weight excluding hydrogens is 574 g/mol. The highest BCUT2D eigenvalue weighted by atomic mass is 79.9. The van der Waals surface area contributed by atoms with E-state index in [1.807, 2.05) is 32.2 Å². The van der Waals surface area contributed by atoms with Crippen molar-refractivity contribution >= 4 is 50.3 Å². The van der Waals surface area contributed by atoms with Gasteiger partial charge >= 0.3 is 5.91 Å². The quantitative estimate of drug-likeness (QED) is 0.415. The van der Waals surface area contributed by atoms with E-state index in [-0.39, 0.29) is 17.9 Å². The van der Waals surface area contributed by atoms with Crippen LogP contribution in [-0.4, -0.2) is 61.4 Å². The molecule has 1 saturated heterocycles. The Morgan fingerprint density at radius 3 is 2.55 bits per heavy atom. The third-order valence-electron chi connectivity index (χ3n) is 8.01. The van der Waals surface area contributed by atoms with Gasteiger partial charge in [-0.25, -0.2) is 4.98 Å². The minimum absolute atomic E-state index is 0.138. The van der Waals surface area contributed by atoms with Gasteiger partial charge in [0.15, 0.2) is 5.52 Å². The van der Waals surface area contributed by atoms with Gasteiger partial charge in [-0.05, 0) is 86.8 Å². The van der Waals surface area contributed by atoms with Gasteiger partial charge in [0.2, 0.25) is 0 Å². The van der Waals surface area contributed by atoms with E-state index >= 15 is 0 Å². The highest BCUT2D eigenvalue weighted by Crippen LogP contribution is 2.47. The lowest BCUT2D eigenvalue weighted by atomic mass is 10.0. The number of amides is 2. The minimum Gasteiger partial charge on any atom is -0.472 e. The first kappa shape index (κ1) is 26.8. The second-order valence-corrected chi connectivity index (χ2v) is 11.9. The second-order valence-electron chi connectivity index (χ2n) is 11.1. The molecule has 0 atom stereocenters. The fourth-order valence-electron chi connectivity index (χ4n) is 5.36. The summed E-state index contributed by atoms with van der Waals surface area (Å²) in [6.07, 6.45) is 4.39. The number of ether oxygens (including phenoxy) is 1. The fourth-order valence-corrected chi connectivity index (χ4v) is 5.72. The van der Waals surface area contributed by atoms with Crippen molar-refractivity contribution in [3.05, 3.63) is 39.9 Å². The maximum atomic E-state index is 13.4. The number of benzene rings is 1. The Morgan fingerprint density at radius 1 is 1.18 bits per heavy atom. The lowest BCUT2D eigenvalue weighted by Crippen LogP contribution is -2.47. The van der Waals surface area contributed by atoms with Gasteiger partial charge in [0.1, 0.15) is 17.5 Å². The number of halogens is 1. The smallest absolute Gasteiger partial charge is 0.308 e. The van der Waals surface area contributed by atoms with Crippen LogP contribution in [0, 0.1) is 18.8 Å². The number of rotatable bonds is 6. The van der Waals surface area contributed by atoms with Crippen LogP contribution in [0.15, 0.2) is 28.7 Å². The summed E-state index contributed by atoms with van der Waals surface area (Å²) in [4.78, 5) is 34.2. The van der Waals surface area contributed by atoms with Gasteiger partial charge in [-0.3, -0.25) is 19.2 Å². The molecule has 2 amide bonds. The van der Waals surface area contributed by atoms with Crippen molar-refractivity contribution in [3.8, 4) is 17.7 Å². The molecule has 0 bridgehead atoms. The van der Waals surface area contributed by atoms with Gasteiger partial charge in [0.25, 0.3) is 11.8 Å². The molecule has 3 fully saturated rings. The molecule has 2 aliphatic carbocycles. The topological polar surface area (TPSA) is 101 Å². The van der Waals surface area contributed by atoms with Crippen LogP contribution < -0.4 is 9.64 Å². The zero-order valence-corrected chi connectivity index (χ0v) is 24.5. The average molecular weight is 607 g/mol. The molecule has 0 radical (unpaired) electrons. The Morgan fingerprint density at radius 2 is 1.90 bits per heavy atom. The molecule has 1 aliphatic heterocycles. The van der Waals surface area contributed by atoms with Gasteiger partial charge in [-0.1, -0.05) is 21.9 Å². The summed E-state index contributed by atoms with van der Waals surface area (Å²) in [5.41, 5.74) is 3.12. The normalized spacial score (nSPS) is 18.3. The van der Waals surface area contributed by atoms with Crippen molar-refractivity contribution in [2.24, 2.45) is 7.05 Å². The van der Waals surface area contributed by atoms with Crippen LogP contribution >= 0.6 is 15.9 Å². The molecule has 3 heterocycles. The number of carbonyl (C=O) groups excluding carboxylic acids is 2. The second kappa shape index (κ2) is 10.2. The highest BCUT2D eigenvalue weighted by Gasteiger charge is 2.50. The van der Waals surface area contributed by atoms with E-state index in [0.717, 1.165) is 39.6 Å². The number of anilines is 2. The summed E-state index contributed by atoms with van der Waals surface area (Å²) in [7, 11) is 1.84. The summed E-state index contributed by atoms with van der Waals surface area (Å²) in [6, 6.07) is 7.85. The lowest BCUT2D eigenvalue weighted by Gasteiger charge is -2.33. The van der Waals surface area contributed by atoms with Crippen molar-refractivity contribution in [1.82, 2.24) is 19.7 Å². The number of piperidine rings is 1. The van der Waals surface area contributed by atoms with Crippen LogP contribution in [0.3, 0.4) is 0 Å². The van der Waals surface area contributed by atoms with Gasteiger partial charge in [0, 0.05) is 37.5 Å². The zero-order chi connectivity index (χ0) is 28.2. The van der Waals surface area contributed by atoms with E-state index in [2.05, 4.69) is 38.9 Å². The third-order valence-corrected chi connectivity index (χ3v) is 8.86. The molecule has 1 aromatic carbocycles. The number of carbonyl (C=O) groups is 2. The summed E-state index contributed by atoms with van der Waals surface area (Å²) in [6.45, 7) is 4.71. The molecule has 208 valence electrons. The molecule has 2 aromatic heterocycles. The lowest BCUT2D eigenvalue weighted by molar-refractivity contribution is -0.144. The number of aromatic nitrogens is 3. The highest BCUT2D eigenvalue weighted by molar-refractivity contribution is 9.10. The third kappa shape index (κ3) is 4.97. The SMILES string of the molecule is CC#CC(=O)N(c1ccc2c(n1)c(OC1CCN(C(=O)C3(O)CC3)CC1)nn2C)c1cc(C)c(Br)cc1C1CC1. The summed E-state index contributed by atoms with van der Waals surface area (Å²) < 4.78 is 9.08. The molecule has 2 saturated carbocycles. The zero-order valence-electron chi connectivity index (χ0n) is 22.9. The van der Waals surface area contributed by atoms with Crippen LogP contribution in [0.2, 0.25) is 0 Å². The van der Waals surface area contributed by atoms with Crippen molar-refractivity contribution in [1.29, 1.82) is 0 Å². The number of hydrogen-bond donors (Lipinski definition) is 1. The number of aryl methyl sites for hydroxylation is 2. The van der Waals surface area contributed by atoms with E-state index in [4.69, 9.17) is 9.72 Å². The van der Waals surface area contributed by atoms with E-state index in [1.54, 1.807) is 21.4 Å². The minimum atomic E-state index is -1.15. The fraction of sp³-hybridized carbons (Fsp3) is 0.467. The molecular formula is C30H32BrN5O4. The number of aliphatic hydroxyl groups is 1. The first-order chi connectivity index (χ1) is 19.2.